The fraction of sp³-hybridized carbons (Fsp3) is 0.100. The van der Waals surface area contributed by atoms with Crippen LogP contribution in [0.4, 0.5) is 13.2 Å². The van der Waals surface area contributed by atoms with Crippen LogP contribution in [0.15, 0.2) is 72.8 Å². The van der Waals surface area contributed by atoms with Crippen LogP contribution in [0.5, 0.6) is 11.5 Å². The molecule has 0 heterocycles. The molecule has 0 spiro atoms. The first-order valence-corrected chi connectivity index (χ1v) is 7.61. The van der Waals surface area contributed by atoms with E-state index in [9.17, 15) is 18.3 Å². The summed E-state index contributed by atoms with van der Waals surface area (Å²) < 4.78 is 44.8. The van der Waals surface area contributed by atoms with E-state index in [1.807, 2.05) is 30.3 Å². The normalized spacial score (nSPS) is 11.3. The van der Waals surface area contributed by atoms with E-state index in [0.29, 0.717) is 24.0 Å². The quantitative estimate of drug-likeness (QED) is 0.662. The Labute approximate surface area is 143 Å². The summed E-state index contributed by atoms with van der Waals surface area (Å²) in [6.45, 7) is 0.294. The van der Waals surface area contributed by atoms with E-state index in [0.717, 1.165) is 11.6 Å². The van der Waals surface area contributed by atoms with Gasteiger partial charge in [0.25, 0.3) is 0 Å². The molecule has 2 nitrogen and oxygen atoms in total. The van der Waals surface area contributed by atoms with Gasteiger partial charge >= 0.3 is 6.18 Å². The largest absolute Gasteiger partial charge is 0.508 e. The van der Waals surface area contributed by atoms with Gasteiger partial charge in [0.15, 0.2) is 0 Å². The molecule has 0 atom stereocenters. The van der Waals surface area contributed by atoms with Crippen molar-refractivity contribution in [2.75, 3.05) is 0 Å². The Morgan fingerprint density at radius 1 is 0.840 bits per heavy atom. The van der Waals surface area contributed by atoms with E-state index in [-0.39, 0.29) is 5.56 Å². The minimum absolute atomic E-state index is 0.246. The maximum Gasteiger partial charge on any atom is 0.416 e. The molecule has 0 aliphatic heterocycles. The maximum absolute atomic E-state index is 13.0. The summed E-state index contributed by atoms with van der Waals surface area (Å²) in [7, 11) is 0. The van der Waals surface area contributed by atoms with Crippen molar-refractivity contribution in [2.24, 2.45) is 0 Å². The zero-order valence-corrected chi connectivity index (χ0v) is 13.1. The first-order valence-electron chi connectivity index (χ1n) is 7.61. The summed E-state index contributed by atoms with van der Waals surface area (Å²) in [6, 6.07) is 19.3. The number of alkyl halides is 3. The highest BCUT2D eigenvalue weighted by molar-refractivity contribution is 5.72. The van der Waals surface area contributed by atoms with Gasteiger partial charge in [-0.2, -0.15) is 13.2 Å². The minimum atomic E-state index is -4.53. The summed E-state index contributed by atoms with van der Waals surface area (Å²) in [6.07, 6.45) is -4.53. The average Bonchev–Trinajstić information content (AvgIpc) is 2.60. The molecule has 0 aliphatic carbocycles. The number of para-hydroxylation sites is 1. The Bertz CT molecular complexity index is 858. The monoisotopic (exact) mass is 344 g/mol. The highest BCUT2D eigenvalue weighted by Crippen LogP contribution is 2.38. The zero-order valence-electron chi connectivity index (χ0n) is 13.1. The van der Waals surface area contributed by atoms with Crippen molar-refractivity contribution in [2.45, 2.75) is 12.8 Å². The molecule has 1 N–H and O–H groups in total. The lowest BCUT2D eigenvalue weighted by Gasteiger charge is -2.14. The van der Waals surface area contributed by atoms with Gasteiger partial charge in [-0.3, -0.25) is 0 Å². The third kappa shape index (κ3) is 4.12. The Balaban J connectivity index is 1.94. The number of phenols is 1. The Morgan fingerprint density at radius 3 is 2.24 bits per heavy atom. The third-order valence-corrected chi connectivity index (χ3v) is 3.68. The van der Waals surface area contributed by atoms with Crippen molar-refractivity contribution >= 4 is 0 Å². The molecule has 0 fully saturated rings. The van der Waals surface area contributed by atoms with Crippen molar-refractivity contribution in [3.63, 3.8) is 0 Å². The summed E-state index contributed by atoms with van der Waals surface area (Å²) in [5.41, 5.74) is 0.778. The lowest BCUT2D eigenvalue weighted by Crippen LogP contribution is -2.05. The fourth-order valence-corrected chi connectivity index (χ4v) is 2.50. The van der Waals surface area contributed by atoms with E-state index >= 15 is 0 Å². The van der Waals surface area contributed by atoms with Crippen molar-refractivity contribution in [3.8, 4) is 22.6 Å². The molecule has 0 unspecified atom stereocenters. The molecule has 0 radical (unpaired) electrons. The van der Waals surface area contributed by atoms with E-state index in [1.165, 1.54) is 6.07 Å². The second-order valence-corrected chi connectivity index (χ2v) is 5.54. The molecular weight excluding hydrogens is 329 g/mol. The molecule has 0 bridgehead atoms. The topological polar surface area (TPSA) is 29.5 Å². The van der Waals surface area contributed by atoms with Crippen LogP contribution < -0.4 is 4.74 Å². The van der Waals surface area contributed by atoms with Gasteiger partial charge in [-0.25, -0.2) is 0 Å². The molecule has 5 heteroatoms. The van der Waals surface area contributed by atoms with Crippen molar-refractivity contribution < 1.29 is 23.0 Å². The van der Waals surface area contributed by atoms with Crippen LogP contribution in [-0.2, 0) is 12.8 Å². The number of halogens is 3. The lowest BCUT2D eigenvalue weighted by atomic mass is 10.0. The zero-order chi connectivity index (χ0) is 17.9. The maximum atomic E-state index is 13.0. The third-order valence-electron chi connectivity index (χ3n) is 3.68. The number of hydrogen-bond acceptors (Lipinski definition) is 2. The fourth-order valence-electron chi connectivity index (χ4n) is 2.50. The van der Waals surface area contributed by atoms with Gasteiger partial charge < -0.3 is 9.84 Å². The number of ether oxygens (including phenoxy) is 1. The summed E-state index contributed by atoms with van der Waals surface area (Å²) in [4.78, 5) is 0. The molecule has 0 aromatic heterocycles. The predicted octanol–water partition coefficient (Wildman–Crippen LogP) is 5.66. The van der Waals surface area contributed by atoms with E-state index in [2.05, 4.69) is 0 Å². The van der Waals surface area contributed by atoms with Crippen LogP contribution in [0.3, 0.4) is 0 Å². The number of hydrogen-bond donors (Lipinski definition) is 1. The smallest absolute Gasteiger partial charge is 0.416 e. The molecule has 3 aromatic rings. The van der Waals surface area contributed by atoms with Crippen LogP contribution in [0.2, 0.25) is 0 Å². The van der Waals surface area contributed by atoms with Gasteiger partial charge in [-0.15, -0.1) is 0 Å². The predicted molar refractivity (Wildman–Crippen MR) is 89.3 cm³/mol. The molecule has 0 saturated heterocycles. The van der Waals surface area contributed by atoms with Crippen LogP contribution >= 0.6 is 0 Å². The van der Waals surface area contributed by atoms with Gasteiger partial charge in [-0.05, 0) is 35.4 Å². The Morgan fingerprint density at radius 2 is 1.52 bits per heavy atom. The second kappa shape index (κ2) is 6.89. The molecule has 0 amide bonds. The highest BCUT2D eigenvalue weighted by atomic mass is 19.4. The minimum Gasteiger partial charge on any atom is -0.508 e. The number of rotatable bonds is 4. The Hall–Kier alpha value is -2.95. The van der Waals surface area contributed by atoms with Gasteiger partial charge in [0.1, 0.15) is 18.1 Å². The van der Waals surface area contributed by atoms with Crippen LogP contribution in [0.1, 0.15) is 11.1 Å². The molecule has 0 aliphatic rings. The van der Waals surface area contributed by atoms with Gasteiger partial charge in [0, 0.05) is 5.56 Å². The number of phenolic OH excluding ortho intramolecular Hbond substituents is 1. The number of benzene rings is 3. The van der Waals surface area contributed by atoms with Crippen molar-refractivity contribution in [1.29, 1.82) is 0 Å². The average molecular weight is 344 g/mol. The first kappa shape index (κ1) is 16.9. The van der Waals surface area contributed by atoms with Crippen LogP contribution in [0.25, 0.3) is 11.1 Å². The van der Waals surface area contributed by atoms with E-state index < -0.39 is 17.5 Å². The SMILES string of the molecule is Oc1cc(-c2ccccc2OCc2ccccc2)cc(C(F)(F)F)c1. The molecule has 3 rings (SSSR count). The molecule has 3 aromatic carbocycles. The standard InChI is InChI=1S/C20H15F3O2/c21-20(22,23)16-10-15(11-17(24)12-16)18-8-4-5-9-19(18)25-13-14-6-2-1-3-7-14/h1-12,24H,13H2. The Kier molecular flexibility index (Phi) is 4.65. The summed E-state index contributed by atoms with van der Waals surface area (Å²) in [5.74, 6) is 0.00719. The van der Waals surface area contributed by atoms with E-state index in [4.69, 9.17) is 4.74 Å². The van der Waals surface area contributed by atoms with E-state index in [1.54, 1.807) is 24.3 Å². The summed E-state index contributed by atoms with van der Waals surface area (Å²) in [5, 5.41) is 9.68. The highest BCUT2D eigenvalue weighted by Gasteiger charge is 2.31. The van der Waals surface area contributed by atoms with Gasteiger partial charge in [0.05, 0.1) is 5.56 Å². The first-order chi connectivity index (χ1) is 11.9. The van der Waals surface area contributed by atoms with Gasteiger partial charge in [-0.1, -0.05) is 48.5 Å². The molecule has 0 saturated carbocycles. The van der Waals surface area contributed by atoms with Crippen LogP contribution in [-0.4, -0.2) is 5.11 Å². The van der Waals surface area contributed by atoms with Crippen molar-refractivity contribution in [3.05, 3.63) is 83.9 Å². The lowest BCUT2D eigenvalue weighted by molar-refractivity contribution is -0.137. The van der Waals surface area contributed by atoms with Crippen LogP contribution in [0, 0.1) is 0 Å². The van der Waals surface area contributed by atoms with Gasteiger partial charge in [0.2, 0.25) is 0 Å². The molecule has 128 valence electrons. The summed E-state index contributed by atoms with van der Waals surface area (Å²) >= 11 is 0. The van der Waals surface area contributed by atoms with Crippen molar-refractivity contribution in [1.82, 2.24) is 0 Å². The molecule has 25 heavy (non-hydrogen) atoms. The number of aromatic hydroxyl groups is 1. The second-order valence-electron chi connectivity index (χ2n) is 5.54. The molecular formula is C20H15F3O2.